The highest BCUT2D eigenvalue weighted by Gasteiger charge is 2.24. The molecule has 1 aliphatic carbocycles. The van der Waals surface area contributed by atoms with Crippen molar-refractivity contribution in [2.24, 2.45) is 0 Å². The van der Waals surface area contributed by atoms with Gasteiger partial charge in [0.15, 0.2) is 0 Å². The highest BCUT2D eigenvalue weighted by Crippen LogP contribution is 2.43. The number of fused-ring (bicyclic) bond motifs is 3. The number of halogens is 1. The van der Waals surface area contributed by atoms with Crippen LogP contribution in [0.5, 0.6) is 0 Å². The van der Waals surface area contributed by atoms with Crippen LogP contribution in [0.15, 0.2) is 42.5 Å². The van der Waals surface area contributed by atoms with Crippen LogP contribution in [-0.2, 0) is 0 Å². The molecule has 0 spiro atoms. The van der Waals surface area contributed by atoms with Gasteiger partial charge in [-0.05, 0) is 62.8 Å². The lowest BCUT2D eigenvalue weighted by Crippen LogP contribution is -1.94. The first kappa shape index (κ1) is 9.46. The summed E-state index contributed by atoms with van der Waals surface area (Å²) in [5.41, 5.74) is 5.77. The summed E-state index contributed by atoms with van der Waals surface area (Å²) in [6.07, 6.45) is 0. The Bertz CT molecular complexity index is 534. The Balaban J connectivity index is 2.34. The van der Waals surface area contributed by atoms with Crippen LogP contribution in [0.3, 0.4) is 0 Å². The van der Waals surface area contributed by atoms with Crippen molar-refractivity contribution in [1.29, 1.82) is 0 Å². The zero-order valence-electron chi connectivity index (χ0n) is 8.50. The summed E-state index contributed by atoms with van der Waals surface area (Å²) in [4.78, 5) is 0. The van der Waals surface area contributed by atoms with Crippen molar-refractivity contribution >= 4 is 30.4 Å². The standard InChI is InChI=1S/C13H10BI/c14-13-10-4-2-1-3-9(10)12-7-8(15)5-6-11(12)13/h1-7,13H,14H2. The maximum atomic E-state index is 2.38. The van der Waals surface area contributed by atoms with Gasteiger partial charge < -0.3 is 0 Å². The van der Waals surface area contributed by atoms with E-state index < -0.39 is 0 Å². The van der Waals surface area contributed by atoms with Gasteiger partial charge in [0, 0.05) is 3.57 Å². The second-order valence-corrected chi connectivity index (χ2v) is 5.29. The van der Waals surface area contributed by atoms with Crippen LogP contribution in [0.1, 0.15) is 16.9 Å². The molecule has 2 aromatic carbocycles. The summed E-state index contributed by atoms with van der Waals surface area (Å²) < 4.78 is 1.32. The van der Waals surface area contributed by atoms with Crippen LogP contribution in [0.25, 0.3) is 11.1 Å². The molecule has 0 bridgehead atoms. The van der Waals surface area contributed by atoms with E-state index in [-0.39, 0.29) is 0 Å². The van der Waals surface area contributed by atoms with Crippen LogP contribution in [0.4, 0.5) is 0 Å². The minimum absolute atomic E-state index is 0.549. The van der Waals surface area contributed by atoms with Crippen LogP contribution in [0, 0.1) is 3.57 Å². The molecule has 2 aromatic rings. The van der Waals surface area contributed by atoms with Gasteiger partial charge >= 0.3 is 0 Å². The topological polar surface area (TPSA) is 0 Å². The van der Waals surface area contributed by atoms with E-state index in [4.69, 9.17) is 0 Å². The second kappa shape index (κ2) is 3.37. The quantitative estimate of drug-likeness (QED) is 0.518. The van der Waals surface area contributed by atoms with Gasteiger partial charge in [0.05, 0.1) is 0 Å². The molecule has 0 saturated carbocycles. The van der Waals surface area contributed by atoms with Crippen LogP contribution >= 0.6 is 22.6 Å². The molecular weight excluding hydrogens is 294 g/mol. The summed E-state index contributed by atoms with van der Waals surface area (Å²) in [6.45, 7) is 0. The van der Waals surface area contributed by atoms with Crippen LogP contribution < -0.4 is 0 Å². The Morgan fingerprint density at radius 2 is 1.67 bits per heavy atom. The molecule has 72 valence electrons. The van der Waals surface area contributed by atoms with E-state index in [1.54, 1.807) is 0 Å². The van der Waals surface area contributed by atoms with Crippen molar-refractivity contribution in [3.63, 3.8) is 0 Å². The first-order chi connectivity index (χ1) is 7.27. The average molecular weight is 304 g/mol. The summed E-state index contributed by atoms with van der Waals surface area (Å²) in [5, 5.41) is 0. The molecule has 3 rings (SSSR count). The molecule has 0 aromatic heterocycles. The third-order valence-corrected chi connectivity index (χ3v) is 3.87. The summed E-state index contributed by atoms with van der Waals surface area (Å²) >= 11 is 2.38. The third-order valence-electron chi connectivity index (χ3n) is 3.20. The first-order valence-electron chi connectivity index (χ1n) is 5.16. The minimum Gasteiger partial charge on any atom is -0.0620 e. The molecule has 1 unspecified atom stereocenters. The van der Waals surface area contributed by atoms with Crippen molar-refractivity contribution in [1.82, 2.24) is 0 Å². The van der Waals surface area contributed by atoms with Crippen LogP contribution in [0.2, 0.25) is 0 Å². The Kier molecular flexibility index (Phi) is 2.13. The van der Waals surface area contributed by atoms with E-state index in [2.05, 4.69) is 72.9 Å². The van der Waals surface area contributed by atoms with Gasteiger partial charge in [-0.3, -0.25) is 0 Å². The lowest BCUT2D eigenvalue weighted by Gasteiger charge is -2.05. The number of hydrogen-bond donors (Lipinski definition) is 0. The number of hydrogen-bond acceptors (Lipinski definition) is 0. The molecule has 1 atom stereocenters. The zero-order chi connectivity index (χ0) is 10.4. The molecule has 0 nitrogen and oxygen atoms in total. The molecule has 1 aliphatic rings. The van der Waals surface area contributed by atoms with E-state index in [1.165, 1.54) is 25.8 Å². The smallest absolute Gasteiger partial charge is 0.0620 e. The molecular formula is C13H10BI. The van der Waals surface area contributed by atoms with Crippen molar-refractivity contribution in [3.05, 3.63) is 57.2 Å². The predicted molar refractivity (Wildman–Crippen MR) is 75.0 cm³/mol. The lowest BCUT2D eigenvalue weighted by atomic mass is 9.79. The van der Waals surface area contributed by atoms with E-state index in [1.807, 2.05) is 0 Å². The van der Waals surface area contributed by atoms with Crippen molar-refractivity contribution in [2.75, 3.05) is 0 Å². The normalized spacial score (nSPS) is 17.3. The van der Waals surface area contributed by atoms with Gasteiger partial charge in [-0.1, -0.05) is 30.3 Å². The largest absolute Gasteiger partial charge is 0.116 e. The minimum atomic E-state index is 0.549. The van der Waals surface area contributed by atoms with E-state index >= 15 is 0 Å². The fourth-order valence-corrected chi connectivity index (χ4v) is 2.92. The molecule has 0 radical (unpaired) electrons. The molecule has 0 saturated heterocycles. The molecule has 0 heterocycles. The Morgan fingerprint density at radius 3 is 2.53 bits per heavy atom. The lowest BCUT2D eigenvalue weighted by molar-refractivity contribution is 1.20. The Morgan fingerprint density at radius 1 is 0.933 bits per heavy atom. The average Bonchev–Trinajstić information content (AvgIpc) is 2.54. The van der Waals surface area contributed by atoms with Gasteiger partial charge in [-0.15, -0.1) is 0 Å². The number of rotatable bonds is 0. The summed E-state index contributed by atoms with van der Waals surface area (Å²) in [5.74, 6) is 0.549. The molecule has 2 heteroatoms. The maximum Gasteiger partial charge on any atom is 0.116 e. The Hall–Kier alpha value is -0.765. The fraction of sp³-hybridized carbons (Fsp3) is 0.0769. The van der Waals surface area contributed by atoms with Crippen molar-refractivity contribution in [3.8, 4) is 11.1 Å². The van der Waals surface area contributed by atoms with Gasteiger partial charge in [-0.2, -0.15) is 0 Å². The summed E-state index contributed by atoms with van der Waals surface area (Å²) in [7, 11) is 2.29. The van der Waals surface area contributed by atoms with E-state index in [9.17, 15) is 0 Å². The van der Waals surface area contributed by atoms with Gasteiger partial charge in [-0.25, -0.2) is 0 Å². The zero-order valence-corrected chi connectivity index (χ0v) is 10.7. The van der Waals surface area contributed by atoms with Gasteiger partial charge in [0.2, 0.25) is 0 Å². The van der Waals surface area contributed by atoms with Gasteiger partial charge in [0.1, 0.15) is 7.85 Å². The molecule has 0 N–H and O–H groups in total. The third kappa shape index (κ3) is 1.35. The van der Waals surface area contributed by atoms with E-state index in [0.717, 1.165) is 0 Å². The summed E-state index contributed by atoms with van der Waals surface area (Å²) in [6, 6.07) is 15.5. The molecule has 15 heavy (non-hydrogen) atoms. The van der Waals surface area contributed by atoms with E-state index in [0.29, 0.717) is 5.82 Å². The fourth-order valence-electron chi connectivity index (χ4n) is 2.43. The maximum absolute atomic E-state index is 2.38. The van der Waals surface area contributed by atoms with Crippen LogP contribution in [-0.4, -0.2) is 7.85 Å². The Labute approximate surface area is 104 Å². The number of benzene rings is 2. The predicted octanol–water partition coefficient (Wildman–Crippen LogP) is 2.99. The molecule has 0 amide bonds. The first-order valence-corrected chi connectivity index (χ1v) is 6.24. The highest BCUT2D eigenvalue weighted by atomic mass is 127. The van der Waals surface area contributed by atoms with Crippen molar-refractivity contribution < 1.29 is 0 Å². The second-order valence-electron chi connectivity index (χ2n) is 4.04. The molecule has 0 fully saturated rings. The van der Waals surface area contributed by atoms with Crippen molar-refractivity contribution in [2.45, 2.75) is 5.82 Å². The monoisotopic (exact) mass is 304 g/mol. The SMILES string of the molecule is BC1c2ccccc2-c2cc(I)ccc21. The van der Waals surface area contributed by atoms with Gasteiger partial charge in [0.25, 0.3) is 0 Å². The molecule has 0 aliphatic heterocycles. The highest BCUT2D eigenvalue weighted by molar-refractivity contribution is 14.1.